The second kappa shape index (κ2) is 5.57. The van der Waals surface area contributed by atoms with Crippen molar-refractivity contribution in [3.8, 4) is 0 Å². The third-order valence-corrected chi connectivity index (χ3v) is 5.10. The summed E-state index contributed by atoms with van der Waals surface area (Å²) >= 11 is 0. The van der Waals surface area contributed by atoms with E-state index in [9.17, 15) is 9.59 Å². The summed E-state index contributed by atoms with van der Waals surface area (Å²) < 4.78 is 12.0. The van der Waals surface area contributed by atoms with E-state index in [4.69, 9.17) is 9.31 Å². The molecule has 6 heteroatoms. The van der Waals surface area contributed by atoms with E-state index in [-0.39, 0.29) is 18.4 Å². The monoisotopic (exact) mass is 327 g/mol. The largest absolute Gasteiger partial charge is 0.490 e. The van der Waals surface area contributed by atoms with E-state index in [1.807, 2.05) is 40.7 Å². The van der Waals surface area contributed by atoms with E-state index >= 15 is 0 Å². The zero-order valence-electron chi connectivity index (χ0n) is 14.8. The molecule has 0 spiro atoms. The maximum Gasteiger partial charge on any atom is 0.490 e. The molecule has 0 radical (unpaired) electrons. The number of imide groups is 1. The Balaban J connectivity index is 1.73. The first kappa shape index (κ1) is 16.9. The molecular formula is C18H22BNO4. The minimum absolute atomic E-state index is 0.211. The molecule has 3 rings (SSSR count). The van der Waals surface area contributed by atoms with Gasteiger partial charge in [0.15, 0.2) is 0 Å². The third-order valence-electron chi connectivity index (χ3n) is 5.10. The molecule has 2 amide bonds. The van der Waals surface area contributed by atoms with Gasteiger partial charge in [-0.2, -0.15) is 0 Å². The SMILES string of the molecule is C/C(=C\CN1C(=O)c2ccccc2C1=O)B1OC(C)(C)C(C)(C)O1. The molecule has 1 saturated heterocycles. The predicted octanol–water partition coefficient (Wildman–Crippen LogP) is 2.86. The summed E-state index contributed by atoms with van der Waals surface area (Å²) in [5.74, 6) is -0.512. The van der Waals surface area contributed by atoms with Crippen LogP contribution in [0.2, 0.25) is 0 Å². The fraction of sp³-hybridized carbons (Fsp3) is 0.444. The van der Waals surface area contributed by atoms with Crippen LogP contribution in [-0.4, -0.2) is 41.6 Å². The van der Waals surface area contributed by atoms with Crippen LogP contribution in [0.15, 0.2) is 35.8 Å². The normalized spacial score (nSPS) is 22.3. The number of carbonyl (C=O) groups excluding carboxylic acids is 2. The summed E-state index contributed by atoms with van der Waals surface area (Å²) in [4.78, 5) is 26.0. The number of rotatable bonds is 3. The Morgan fingerprint density at radius 2 is 1.50 bits per heavy atom. The molecule has 0 aromatic heterocycles. The van der Waals surface area contributed by atoms with E-state index < -0.39 is 18.3 Å². The van der Waals surface area contributed by atoms with Crippen LogP contribution in [0.4, 0.5) is 0 Å². The highest BCUT2D eigenvalue weighted by atomic mass is 16.7. The van der Waals surface area contributed by atoms with Crippen molar-refractivity contribution in [3.63, 3.8) is 0 Å². The maximum absolute atomic E-state index is 12.4. The van der Waals surface area contributed by atoms with Crippen LogP contribution >= 0.6 is 0 Å². The molecule has 2 aliphatic heterocycles. The summed E-state index contributed by atoms with van der Waals surface area (Å²) in [7, 11) is -0.467. The van der Waals surface area contributed by atoms with Gasteiger partial charge in [0.25, 0.3) is 11.8 Å². The zero-order chi connectivity index (χ0) is 17.7. The Hall–Kier alpha value is -1.92. The zero-order valence-corrected chi connectivity index (χ0v) is 14.8. The van der Waals surface area contributed by atoms with Crippen LogP contribution in [0.25, 0.3) is 0 Å². The second-order valence-corrected chi connectivity index (χ2v) is 7.30. The van der Waals surface area contributed by atoms with Crippen molar-refractivity contribution in [2.75, 3.05) is 6.54 Å². The van der Waals surface area contributed by atoms with E-state index in [1.165, 1.54) is 4.90 Å². The number of amides is 2. The smallest absolute Gasteiger partial charge is 0.400 e. The Morgan fingerprint density at radius 1 is 1.04 bits per heavy atom. The summed E-state index contributed by atoms with van der Waals surface area (Å²) in [5.41, 5.74) is 0.948. The van der Waals surface area contributed by atoms with Crippen LogP contribution in [0.3, 0.4) is 0 Å². The van der Waals surface area contributed by atoms with Gasteiger partial charge < -0.3 is 9.31 Å². The van der Waals surface area contributed by atoms with Crippen LogP contribution in [0, 0.1) is 0 Å². The maximum atomic E-state index is 12.4. The standard InChI is InChI=1S/C18H22BNO4/c1-12(19-23-17(2,3)18(4,5)24-19)10-11-20-15(21)13-8-6-7-9-14(13)16(20)22/h6-10H,11H2,1-5H3/b12-10+. The molecule has 1 aromatic carbocycles. The van der Waals surface area contributed by atoms with Crippen LogP contribution in [0.1, 0.15) is 55.3 Å². The van der Waals surface area contributed by atoms with Crippen LogP contribution < -0.4 is 0 Å². The Morgan fingerprint density at radius 3 is 1.96 bits per heavy atom. The van der Waals surface area contributed by atoms with Crippen molar-refractivity contribution in [1.82, 2.24) is 4.90 Å². The van der Waals surface area contributed by atoms with Crippen molar-refractivity contribution in [1.29, 1.82) is 0 Å². The number of carbonyl (C=O) groups is 2. The first-order valence-corrected chi connectivity index (χ1v) is 8.11. The van der Waals surface area contributed by atoms with Gasteiger partial charge in [0, 0.05) is 6.54 Å². The minimum atomic E-state index is -0.467. The van der Waals surface area contributed by atoms with Crippen molar-refractivity contribution in [2.24, 2.45) is 0 Å². The molecular weight excluding hydrogens is 305 g/mol. The fourth-order valence-electron chi connectivity index (χ4n) is 2.77. The van der Waals surface area contributed by atoms with Gasteiger partial charge in [-0.05, 0) is 52.2 Å². The van der Waals surface area contributed by atoms with Gasteiger partial charge in [0.1, 0.15) is 0 Å². The number of hydrogen-bond acceptors (Lipinski definition) is 4. The van der Waals surface area contributed by atoms with E-state index in [0.29, 0.717) is 11.1 Å². The average Bonchev–Trinajstić information content (AvgIpc) is 2.88. The molecule has 126 valence electrons. The van der Waals surface area contributed by atoms with Gasteiger partial charge in [-0.1, -0.05) is 18.2 Å². The molecule has 5 nitrogen and oxygen atoms in total. The number of allylic oxidation sites excluding steroid dienone is 1. The number of fused-ring (bicyclic) bond motifs is 1. The van der Waals surface area contributed by atoms with Crippen LogP contribution in [0.5, 0.6) is 0 Å². The topological polar surface area (TPSA) is 55.8 Å². The molecule has 0 N–H and O–H groups in total. The second-order valence-electron chi connectivity index (χ2n) is 7.30. The lowest BCUT2D eigenvalue weighted by Gasteiger charge is -2.32. The lowest BCUT2D eigenvalue weighted by atomic mass is 9.79. The molecule has 24 heavy (non-hydrogen) atoms. The lowest BCUT2D eigenvalue weighted by Crippen LogP contribution is -2.41. The van der Waals surface area contributed by atoms with Crippen molar-refractivity contribution < 1.29 is 18.9 Å². The Bertz CT molecular complexity index is 687. The molecule has 2 heterocycles. The van der Waals surface area contributed by atoms with Gasteiger partial charge in [0.05, 0.1) is 22.3 Å². The third kappa shape index (κ3) is 2.60. The Kier molecular flexibility index (Phi) is 3.93. The predicted molar refractivity (Wildman–Crippen MR) is 91.6 cm³/mol. The number of nitrogens with zero attached hydrogens (tertiary/aromatic N) is 1. The first-order chi connectivity index (χ1) is 11.1. The van der Waals surface area contributed by atoms with Crippen molar-refractivity contribution in [3.05, 3.63) is 46.9 Å². The quantitative estimate of drug-likeness (QED) is 0.633. The summed E-state index contributed by atoms with van der Waals surface area (Å²) in [5, 5.41) is 0. The average molecular weight is 327 g/mol. The van der Waals surface area contributed by atoms with Gasteiger partial charge >= 0.3 is 7.12 Å². The van der Waals surface area contributed by atoms with Gasteiger partial charge in [-0.25, -0.2) is 0 Å². The van der Waals surface area contributed by atoms with Crippen molar-refractivity contribution in [2.45, 2.75) is 45.8 Å². The minimum Gasteiger partial charge on any atom is -0.400 e. The Labute approximate surface area is 142 Å². The van der Waals surface area contributed by atoms with Crippen LogP contribution in [-0.2, 0) is 9.31 Å². The molecule has 1 fully saturated rings. The first-order valence-electron chi connectivity index (χ1n) is 8.11. The highest BCUT2D eigenvalue weighted by Gasteiger charge is 2.51. The number of benzene rings is 1. The van der Waals surface area contributed by atoms with Gasteiger partial charge in [-0.3, -0.25) is 14.5 Å². The van der Waals surface area contributed by atoms with E-state index in [1.54, 1.807) is 24.3 Å². The number of hydrogen-bond donors (Lipinski definition) is 0. The fourth-order valence-corrected chi connectivity index (χ4v) is 2.77. The molecule has 2 aliphatic rings. The van der Waals surface area contributed by atoms with E-state index in [2.05, 4.69) is 0 Å². The molecule has 0 atom stereocenters. The summed E-state index contributed by atoms with van der Waals surface area (Å²) in [6.07, 6.45) is 1.82. The highest BCUT2D eigenvalue weighted by Crippen LogP contribution is 2.38. The molecule has 0 bridgehead atoms. The summed E-state index contributed by atoms with van der Waals surface area (Å²) in [6.45, 7) is 10.1. The summed E-state index contributed by atoms with van der Waals surface area (Å²) in [6, 6.07) is 6.89. The molecule has 1 aromatic rings. The van der Waals surface area contributed by atoms with E-state index in [0.717, 1.165) is 5.47 Å². The molecule has 0 unspecified atom stereocenters. The van der Waals surface area contributed by atoms with Gasteiger partial charge in [0.2, 0.25) is 0 Å². The lowest BCUT2D eigenvalue weighted by molar-refractivity contribution is 0.00578. The van der Waals surface area contributed by atoms with Crippen molar-refractivity contribution >= 4 is 18.9 Å². The highest BCUT2D eigenvalue weighted by molar-refractivity contribution is 6.54. The molecule has 0 saturated carbocycles. The molecule has 0 aliphatic carbocycles. The van der Waals surface area contributed by atoms with Gasteiger partial charge in [-0.15, -0.1) is 0 Å².